The van der Waals surface area contributed by atoms with Gasteiger partial charge in [0.15, 0.2) is 0 Å². The number of nitrogens with zero attached hydrogens (tertiary/aromatic N) is 3. The van der Waals surface area contributed by atoms with Crippen LogP contribution in [0.2, 0.25) is 0 Å². The second-order valence-electron chi connectivity index (χ2n) is 5.75. The fourth-order valence-electron chi connectivity index (χ4n) is 2.16. The lowest BCUT2D eigenvalue weighted by molar-refractivity contribution is 0.347. The van der Waals surface area contributed by atoms with Crippen LogP contribution in [0.5, 0.6) is 0 Å². The largest absolute Gasteiger partial charge is 0.247 e. The second kappa shape index (κ2) is 4.19. The third kappa shape index (κ3) is 2.12. The van der Waals surface area contributed by atoms with E-state index in [0.29, 0.717) is 0 Å². The van der Waals surface area contributed by atoms with Crippen LogP contribution in [0.4, 0.5) is 0 Å². The van der Waals surface area contributed by atoms with E-state index >= 15 is 0 Å². The Hall–Kier alpha value is -2.16. The van der Waals surface area contributed by atoms with E-state index in [-0.39, 0.29) is 5.54 Å². The van der Waals surface area contributed by atoms with Crippen molar-refractivity contribution in [3.8, 4) is 11.3 Å². The van der Waals surface area contributed by atoms with Crippen molar-refractivity contribution in [3.63, 3.8) is 0 Å². The van der Waals surface area contributed by atoms with E-state index in [9.17, 15) is 0 Å². The van der Waals surface area contributed by atoms with E-state index in [2.05, 4.69) is 73.5 Å². The molecule has 0 fully saturated rings. The molecule has 1 heterocycles. The highest BCUT2D eigenvalue weighted by atomic mass is 15.4. The first-order chi connectivity index (χ1) is 9.05. The monoisotopic (exact) mass is 251 g/mol. The molecule has 96 valence electrons. The van der Waals surface area contributed by atoms with Gasteiger partial charge in [0.05, 0.1) is 11.7 Å². The molecule has 3 nitrogen and oxygen atoms in total. The van der Waals surface area contributed by atoms with Gasteiger partial charge in [-0.25, -0.2) is 4.68 Å². The van der Waals surface area contributed by atoms with Crippen molar-refractivity contribution in [3.05, 3.63) is 48.7 Å². The van der Waals surface area contributed by atoms with Gasteiger partial charge in [0.1, 0.15) is 5.69 Å². The molecule has 3 rings (SSSR count). The van der Waals surface area contributed by atoms with E-state index < -0.39 is 0 Å². The third-order valence-electron chi connectivity index (χ3n) is 3.25. The van der Waals surface area contributed by atoms with Crippen LogP contribution in [0.1, 0.15) is 20.8 Å². The number of rotatable bonds is 1. The van der Waals surface area contributed by atoms with Crippen molar-refractivity contribution >= 4 is 10.8 Å². The molecule has 19 heavy (non-hydrogen) atoms. The zero-order valence-corrected chi connectivity index (χ0v) is 11.5. The number of fused-ring (bicyclic) bond motifs is 1. The molecular formula is C16H17N3. The Kier molecular flexibility index (Phi) is 2.63. The Morgan fingerprint density at radius 2 is 1.68 bits per heavy atom. The maximum Gasteiger partial charge on any atom is 0.113 e. The van der Waals surface area contributed by atoms with Crippen molar-refractivity contribution in [2.24, 2.45) is 0 Å². The van der Waals surface area contributed by atoms with Crippen molar-refractivity contribution in [1.29, 1.82) is 0 Å². The Balaban J connectivity index is 2.17. The van der Waals surface area contributed by atoms with Gasteiger partial charge in [-0.3, -0.25) is 0 Å². The number of benzene rings is 2. The van der Waals surface area contributed by atoms with Crippen LogP contribution in [-0.2, 0) is 5.54 Å². The van der Waals surface area contributed by atoms with Crippen LogP contribution in [-0.4, -0.2) is 15.0 Å². The molecule has 1 aromatic heterocycles. The maximum atomic E-state index is 4.32. The zero-order valence-electron chi connectivity index (χ0n) is 11.5. The summed E-state index contributed by atoms with van der Waals surface area (Å²) in [6, 6.07) is 14.6. The Labute approximate surface area is 112 Å². The molecule has 2 aromatic carbocycles. The molecule has 0 radical (unpaired) electrons. The quantitative estimate of drug-likeness (QED) is 0.657. The molecule has 0 atom stereocenters. The van der Waals surface area contributed by atoms with Crippen LogP contribution in [0.15, 0.2) is 48.7 Å². The lowest BCUT2D eigenvalue weighted by Crippen LogP contribution is -2.22. The van der Waals surface area contributed by atoms with Gasteiger partial charge in [0.25, 0.3) is 0 Å². The number of hydrogen-bond acceptors (Lipinski definition) is 2. The highest BCUT2D eigenvalue weighted by Crippen LogP contribution is 2.27. The number of hydrogen-bond donors (Lipinski definition) is 0. The molecule has 0 aliphatic heterocycles. The topological polar surface area (TPSA) is 30.7 Å². The summed E-state index contributed by atoms with van der Waals surface area (Å²) in [6.07, 6.45) is 2.02. The lowest BCUT2D eigenvalue weighted by Gasteiger charge is -2.17. The fourth-order valence-corrected chi connectivity index (χ4v) is 2.16. The van der Waals surface area contributed by atoms with E-state index in [1.54, 1.807) is 0 Å². The summed E-state index contributed by atoms with van der Waals surface area (Å²) in [7, 11) is 0. The second-order valence-corrected chi connectivity index (χ2v) is 5.75. The first kappa shape index (κ1) is 11.9. The van der Waals surface area contributed by atoms with Crippen LogP contribution in [0, 0.1) is 0 Å². The molecule has 0 spiro atoms. The summed E-state index contributed by atoms with van der Waals surface area (Å²) in [5, 5.41) is 11.0. The average molecular weight is 251 g/mol. The van der Waals surface area contributed by atoms with E-state index in [4.69, 9.17) is 0 Å². The van der Waals surface area contributed by atoms with Crippen molar-refractivity contribution in [2.45, 2.75) is 26.3 Å². The van der Waals surface area contributed by atoms with Gasteiger partial charge in [0.2, 0.25) is 0 Å². The van der Waals surface area contributed by atoms with Crippen molar-refractivity contribution in [2.75, 3.05) is 0 Å². The molecule has 0 saturated carbocycles. The van der Waals surface area contributed by atoms with Crippen molar-refractivity contribution in [1.82, 2.24) is 15.0 Å². The van der Waals surface area contributed by atoms with Crippen LogP contribution in [0.25, 0.3) is 22.0 Å². The summed E-state index contributed by atoms with van der Waals surface area (Å²) in [4.78, 5) is 0. The molecule has 3 heteroatoms. The van der Waals surface area contributed by atoms with Crippen LogP contribution < -0.4 is 0 Å². The SMILES string of the molecule is CC(C)(C)n1cc(-c2cccc3ccccc23)nn1. The van der Waals surface area contributed by atoms with Gasteiger partial charge in [-0.05, 0) is 31.5 Å². The summed E-state index contributed by atoms with van der Waals surface area (Å²) >= 11 is 0. The maximum absolute atomic E-state index is 4.32. The van der Waals surface area contributed by atoms with Gasteiger partial charge in [0, 0.05) is 5.56 Å². The Bertz CT molecular complexity index is 715. The third-order valence-corrected chi connectivity index (χ3v) is 3.25. The molecule has 3 aromatic rings. The lowest BCUT2D eigenvalue weighted by atomic mass is 10.0. The minimum atomic E-state index is -0.0458. The molecule has 0 saturated heterocycles. The molecular weight excluding hydrogens is 234 g/mol. The predicted molar refractivity (Wildman–Crippen MR) is 78.0 cm³/mol. The average Bonchev–Trinajstić information content (AvgIpc) is 2.87. The summed E-state index contributed by atoms with van der Waals surface area (Å²) < 4.78 is 1.91. The molecule has 0 unspecified atom stereocenters. The summed E-state index contributed by atoms with van der Waals surface area (Å²) in [5.74, 6) is 0. The van der Waals surface area contributed by atoms with E-state index in [1.807, 2.05) is 10.9 Å². The van der Waals surface area contributed by atoms with Gasteiger partial charge in [-0.1, -0.05) is 47.7 Å². The van der Waals surface area contributed by atoms with Gasteiger partial charge >= 0.3 is 0 Å². The van der Waals surface area contributed by atoms with Crippen LogP contribution >= 0.6 is 0 Å². The summed E-state index contributed by atoms with van der Waals surface area (Å²) in [6.45, 7) is 6.36. The first-order valence-corrected chi connectivity index (χ1v) is 6.47. The minimum absolute atomic E-state index is 0.0458. The molecule has 0 amide bonds. The van der Waals surface area contributed by atoms with Crippen LogP contribution in [0.3, 0.4) is 0 Å². The van der Waals surface area contributed by atoms with Gasteiger partial charge < -0.3 is 0 Å². The highest BCUT2D eigenvalue weighted by molar-refractivity contribution is 5.95. The van der Waals surface area contributed by atoms with E-state index in [0.717, 1.165) is 11.3 Å². The number of aromatic nitrogens is 3. The molecule has 0 aliphatic rings. The first-order valence-electron chi connectivity index (χ1n) is 6.47. The van der Waals surface area contributed by atoms with Gasteiger partial charge in [-0.15, -0.1) is 5.10 Å². The molecule has 0 bridgehead atoms. The van der Waals surface area contributed by atoms with Crippen molar-refractivity contribution < 1.29 is 0 Å². The standard InChI is InChI=1S/C16H17N3/c1-16(2,3)19-11-15(17-18-19)14-10-6-8-12-7-4-5-9-13(12)14/h4-11H,1-3H3. The highest BCUT2D eigenvalue weighted by Gasteiger charge is 2.16. The Morgan fingerprint density at radius 3 is 2.42 bits per heavy atom. The minimum Gasteiger partial charge on any atom is -0.247 e. The summed E-state index contributed by atoms with van der Waals surface area (Å²) in [5.41, 5.74) is 2.01. The molecule has 0 N–H and O–H groups in total. The van der Waals surface area contributed by atoms with E-state index in [1.165, 1.54) is 10.8 Å². The smallest absolute Gasteiger partial charge is 0.113 e. The predicted octanol–water partition coefficient (Wildman–Crippen LogP) is 3.85. The fraction of sp³-hybridized carbons (Fsp3) is 0.250. The zero-order chi connectivity index (χ0) is 13.5. The molecule has 0 aliphatic carbocycles. The van der Waals surface area contributed by atoms with Gasteiger partial charge in [-0.2, -0.15) is 0 Å². The Morgan fingerprint density at radius 1 is 0.947 bits per heavy atom. The normalized spacial score (nSPS) is 11.9.